The Labute approximate surface area is 62.3 Å². The van der Waals surface area contributed by atoms with Crippen LogP contribution >= 0.6 is 0 Å². The second kappa shape index (κ2) is 4.46. The summed E-state index contributed by atoms with van der Waals surface area (Å²) in [6, 6.07) is 0. The molecule has 4 nitrogen and oxygen atoms in total. The normalized spacial score (nSPS) is 4.80. The summed E-state index contributed by atoms with van der Waals surface area (Å²) in [5, 5.41) is 14.8. The van der Waals surface area contributed by atoms with Crippen LogP contribution in [0.1, 0.15) is 4.28 Å². The Morgan fingerprint density at radius 1 is 1.80 bits per heavy atom. The van der Waals surface area contributed by atoms with E-state index in [0.717, 1.165) is 0 Å². The average molecular weight is 105 g/mol. The van der Waals surface area contributed by atoms with Crippen LogP contribution in [-0.2, 0) is 0 Å². The molecule has 0 saturated carbocycles. The minimum absolute atomic E-state index is 0. The van der Waals surface area contributed by atoms with Crippen molar-refractivity contribution in [2.24, 2.45) is 0 Å². The first-order valence-electron chi connectivity index (χ1n) is 0.548. The van der Waals surface area contributed by atoms with E-state index in [1.165, 1.54) is 0 Å². The Balaban J connectivity index is -0.00000000750. The molecule has 0 aromatic carbocycles. The molecule has 0 radical (unpaired) electrons. The topological polar surface area (TPSA) is 66.2 Å². The molecule has 0 aliphatic heterocycles. The predicted octanol–water partition coefficient (Wildman–Crippen LogP) is -0.282. The molecule has 0 aromatic heterocycles. The molecule has 0 spiro atoms. The SMILES string of the molecule is O=[N+]([O-])[O-].[Ca+2].[H+].[H-].[H-]. The van der Waals surface area contributed by atoms with E-state index in [2.05, 4.69) is 0 Å². The average Bonchev–Trinajstić information content (AvgIpc) is 0.811. The molecule has 0 fully saturated rings. The Morgan fingerprint density at radius 2 is 1.80 bits per heavy atom. The van der Waals surface area contributed by atoms with Crippen LogP contribution in [0.2, 0.25) is 0 Å². The van der Waals surface area contributed by atoms with Gasteiger partial charge in [0.15, 0.2) is 0 Å². The van der Waals surface area contributed by atoms with Crippen molar-refractivity contribution in [3.63, 3.8) is 0 Å². The quantitative estimate of drug-likeness (QED) is 0.241. The Hall–Kier alpha value is 0.460. The van der Waals surface area contributed by atoms with Gasteiger partial charge in [0, 0.05) is 0 Å². The van der Waals surface area contributed by atoms with Gasteiger partial charge in [0.2, 0.25) is 0 Å². The van der Waals surface area contributed by atoms with Gasteiger partial charge in [0.05, 0.1) is 5.09 Å². The van der Waals surface area contributed by atoms with Crippen molar-refractivity contribution < 1.29 is 9.37 Å². The zero-order valence-electron chi connectivity index (χ0n) is 5.38. The van der Waals surface area contributed by atoms with Gasteiger partial charge in [-0.05, 0) is 0 Å². The third-order valence-corrected chi connectivity index (χ3v) is 0. The molecule has 0 atom stereocenters. The van der Waals surface area contributed by atoms with Crippen LogP contribution in [0.5, 0.6) is 0 Å². The molecule has 0 saturated heterocycles. The van der Waals surface area contributed by atoms with Crippen molar-refractivity contribution >= 4 is 37.7 Å². The van der Waals surface area contributed by atoms with E-state index in [9.17, 15) is 0 Å². The second-order valence-electron chi connectivity index (χ2n) is 0.224. The fourth-order valence-corrected chi connectivity index (χ4v) is 0. The van der Waals surface area contributed by atoms with Gasteiger partial charge in [-0.1, -0.05) is 0 Å². The molecule has 28 valence electrons. The molecular weight excluding hydrogens is 102 g/mol. The first-order valence-corrected chi connectivity index (χ1v) is 0.548. The summed E-state index contributed by atoms with van der Waals surface area (Å²) in [5.41, 5.74) is 0. The molecule has 0 aliphatic rings. The van der Waals surface area contributed by atoms with Crippen molar-refractivity contribution in [3.05, 3.63) is 15.3 Å². The summed E-state index contributed by atoms with van der Waals surface area (Å²) in [7, 11) is 0. The van der Waals surface area contributed by atoms with Gasteiger partial charge in [-0.3, -0.25) is 0 Å². The smallest absolute Gasteiger partial charge is 1.00 e. The van der Waals surface area contributed by atoms with Crippen molar-refractivity contribution in [2.75, 3.05) is 0 Å². The summed E-state index contributed by atoms with van der Waals surface area (Å²) >= 11 is 0. The molecule has 0 aliphatic carbocycles. The van der Waals surface area contributed by atoms with Crippen molar-refractivity contribution in [1.82, 2.24) is 0 Å². The summed E-state index contributed by atoms with van der Waals surface area (Å²) in [4.78, 5) is 8.25. The van der Waals surface area contributed by atoms with Gasteiger partial charge < -0.3 is 18.2 Å². The van der Waals surface area contributed by atoms with Crippen LogP contribution in [0.4, 0.5) is 0 Å². The Morgan fingerprint density at radius 3 is 1.80 bits per heavy atom. The van der Waals surface area contributed by atoms with Gasteiger partial charge in [0.1, 0.15) is 0 Å². The molecule has 0 heterocycles. The molecule has 0 unspecified atom stereocenters. The molecule has 0 bridgehead atoms. The van der Waals surface area contributed by atoms with Gasteiger partial charge in [-0.15, -0.1) is 0 Å². The van der Waals surface area contributed by atoms with E-state index in [-0.39, 0.29) is 42.0 Å². The van der Waals surface area contributed by atoms with Crippen LogP contribution in [0.15, 0.2) is 0 Å². The molecule has 0 aromatic rings. The van der Waals surface area contributed by atoms with E-state index in [1.807, 2.05) is 0 Å². The van der Waals surface area contributed by atoms with E-state index >= 15 is 0 Å². The molecule has 5 heavy (non-hydrogen) atoms. The second-order valence-corrected chi connectivity index (χ2v) is 0.224. The van der Waals surface area contributed by atoms with Crippen LogP contribution in [0.25, 0.3) is 0 Å². The number of hydrogen-bond acceptors (Lipinski definition) is 3. The maximum absolute atomic E-state index is 8.25. The monoisotopic (exact) mass is 105 g/mol. The Kier molecular flexibility index (Phi) is 8.09. The third-order valence-electron chi connectivity index (χ3n) is 0. The van der Waals surface area contributed by atoms with Crippen LogP contribution < -0.4 is 0 Å². The van der Waals surface area contributed by atoms with Crippen LogP contribution in [0, 0.1) is 15.3 Å². The molecule has 0 rings (SSSR count). The van der Waals surface area contributed by atoms with Gasteiger partial charge >= 0.3 is 39.2 Å². The van der Waals surface area contributed by atoms with Crippen LogP contribution in [-0.4, -0.2) is 42.8 Å². The maximum atomic E-state index is 8.25. The first kappa shape index (κ1) is 9.07. The van der Waals surface area contributed by atoms with Gasteiger partial charge in [-0.2, -0.15) is 0 Å². The zero-order valence-corrected chi connectivity index (χ0v) is 4.59. The molecule has 5 heteroatoms. The van der Waals surface area contributed by atoms with E-state index in [1.54, 1.807) is 0 Å². The van der Waals surface area contributed by atoms with Crippen molar-refractivity contribution in [3.8, 4) is 0 Å². The predicted molar refractivity (Wildman–Crippen MR) is 19.5 cm³/mol. The Bertz CT molecular complexity index is 37.5. The number of hydrogen-bond donors (Lipinski definition) is 0. The minimum atomic E-state index is -1.75. The number of nitrogens with zero attached hydrogens (tertiary/aromatic N) is 1. The number of rotatable bonds is 0. The van der Waals surface area contributed by atoms with Crippen LogP contribution in [0.3, 0.4) is 0 Å². The molecule has 0 N–H and O–H groups in total. The van der Waals surface area contributed by atoms with Gasteiger partial charge in [-0.25, -0.2) is 0 Å². The van der Waals surface area contributed by atoms with Crippen molar-refractivity contribution in [2.45, 2.75) is 0 Å². The van der Waals surface area contributed by atoms with E-state index < -0.39 is 5.09 Å². The van der Waals surface area contributed by atoms with E-state index in [4.69, 9.17) is 15.3 Å². The maximum Gasteiger partial charge on any atom is 2.00 e. The summed E-state index contributed by atoms with van der Waals surface area (Å²) in [6.45, 7) is 0. The summed E-state index contributed by atoms with van der Waals surface area (Å²) in [6.07, 6.45) is 0. The molecule has 0 amide bonds. The largest absolute Gasteiger partial charge is 2.00 e. The summed E-state index contributed by atoms with van der Waals surface area (Å²) < 4.78 is 0. The first-order chi connectivity index (χ1) is 1.73. The third kappa shape index (κ3) is 128. The fraction of sp³-hybridized carbons (Fsp3) is 0. The standard InChI is InChI=1S/Ca.NO3.2H/c;2-1(3)4;;/q+2;3*-1/p+1. The fourth-order valence-electron chi connectivity index (χ4n) is 0. The van der Waals surface area contributed by atoms with Crippen molar-refractivity contribution in [1.29, 1.82) is 0 Å². The molecular formula is H3CaNO3. The van der Waals surface area contributed by atoms with E-state index in [0.29, 0.717) is 0 Å². The van der Waals surface area contributed by atoms with Gasteiger partial charge in [0.25, 0.3) is 0 Å². The minimum Gasteiger partial charge on any atom is -1.00 e. The zero-order chi connectivity index (χ0) is 3.58. The summed E-state index contributed by atoms with van der Waals surface area (Å²) in [5.74, 6) is 0.